The smallest absolute Gasteiger partial charge is 0.164 e. The maximum Gasteiger partial charge on any atom is 0.164 e. The van der Waals surface area contributed by atoms with Crippen LogP contribution in [0.5, 0.6) is 0 Å². The molecule has 1 aliphatic carbocycles. The van der Waals surface area contributed by atoms with E-state index in [2.05, 4.69) is 105 Å². The quantitative estimate of drug-likeness (QED) is 0.192. The molecule has 236 valence electrons. The van der Waals surface area contributed by atoms with Crippen molar-refractivity contribution in [1.29, 1.82) is 0 Å². The van der Waals surface area contributed by atoms with Gasteiger partial charge in [-0.3, -0.25) is 0 Å². The highest BCUT2D eigenvalue weighted by molar-refractivity contribution is 6.24. The first kappa shape index (κ1) is 28.6. The van der Waals surface area contributed by atoms with Crippen molar-refractivity contribution in [3.63, 3.8) is 0 Å². The zero-order valence-electron chi connectivity index (χ0n) is 27.7. The van der Waals surface area contributed by atoms with Crippen LogP contribution in [0.15, 0.2) is 156 Å². The zero-order chi connectivity index (χ0) is 33.4. The fraction of sp³-hybridized carbons (Fsp3) is 0.0652. The molecule has 0 atom stereocenters. The summed E-state index contributed by atoms with van der Waals surface area (Å²) >= 11 is 0. The number of benzene rings is 7. The van der Waals surface area contributed by atoms with Crippen molar-refractivity contribution < 1.29 is 4.42 Å². The molecule has 0 saturated heterocycles. The molecule has 9 aromatic rings. The van der Waals surface area contributed by atoms with Crippen LogP contribution in [0.25, 0.3) is 89.1 Å². The second-order valence-electron chi connectivity index (χ2n) is 13.6. The highest BCUT2D eigenvalue weighted by Crippen LogP contribution is 2.56. The van der Waals surface area contributed by atoms with Gasteiger partial charge in [0.15, 0.2) is 17.5 Å². The normalized spacial score (nSPS) is 13.2. The molecule has 0 unspecified atom stereocenters. The molecule has 2 heterocycles. The minimum atomic E-state index is -0.176. The van der Waals surface area contributed by atoms with Crippen LogP contribution in [0.4, 0.5) is 0 Å². The Kier molecular flexibility index (Phi) is 6.19. The lowest BCUT2D eigenvalue weighted by Crippen LogP contribution is -2.15. The third kappa shape index (κ3) is 4.21. The molecule has 0 aliphatic heterocycles. The van der Waals surface area contributed by atoms with E-state index in [1.54, 1.807) is 0 Å². The van der Waals surface area contributed by atoms with Crippen LogP contribution in [0.1, 0.15) is 25.0 Å². The number of rotatable bonds is 4. The first-order chi connectivity index (χ1) is 24.6. The molecule has 50 heavy (non-hydrogen) atoms. The first-order valence-corrected chi connectivity index (χ1v) is 17.0. The minimum Gasteiger partial charge on any atom is -0.455 e. The van der Waals surface area contributed by atoms with Gasteiger partial charge in [-0.25, -0.2) is 15.0 Å². The van der Waals surface area contributed by atoms with Crippen molar-refractivity contribution in [3.8, 4) is 56.4 Å². The van der Waals surface area contributed by atoms with Gasteiger partial charge in [-0.2, -0.15) is 0 Å². The van der Waals surface area contributed by atoms with E-state index >= 15 is 0 Å². The Balaban J connectivity index is 1.14. The van der Waals surface area contributed by atoms with Gasteiger partial charge in [-0.1, -0.05) is 166 Å². The van der Waals surface area contributed by atoms with Crippen LogP contribution in [-0.4, -0.2) is 15.0 Å². The van der Waals surface area contributed by atoms with E-state index in [1.165, 1.54) is 33.0 Å². The lowest BCUT2D eigenvalue weighted by atomic mass is 9.79. The van der Waals surface area contributed by atoms with Crippen LogP contribution in [0.3, 0.4) is 0 Å². The van der Waals surface area contributed by atoms with Gasteiger partial charge in [0.2, 0.25) is 0 Å². The minimum absolute atomic E-state index is 0.176. The number of hydrogen-bond donors (Lipinski definition) is 0. The van der Waals surface area contributed by atoms with Crippen LogP contribution >= 0.6 is 0 Å². The lowest BCUT2D eigenvalue weighted by Gasteiger charge is -2.22. The van der Waals surface area contributed by atoms with Crippen molar-refractivity contribution in [1.82, 2.24) is 15.0 Å². The average molecular weight is 642 g/mol. The number of nitrogens with zero attached hydrogens (tertiary/aromatic N) is 3. The zero-order valence-corrected chi connectivity index (χ0v) is 27.7. The standard InChI is InChI=1S/C46H31N3O/c1-46(2)37-23-12-11-20-35(37)38-33-18-9-10-19-34(33)42-39(40(38)46)36-22-13-21-32(41(36)50-42)28-24-26-31(27-25-28)45-48-43(29-14-5-3-6-15-29)47-44(49-45)30-16-7-4-8-17-30/h3-27H,1-2H3. The van der Waals surface area contributed by atoms with Crippen LogP contribution < -0.4 is 0 Å². The SMILES string of the molecule is CC1(C)c2ccccc2-c2c1c1c3cccc(-c4ccc(-c5nc(-c6ccccc6)nc(-c6ccccc6)n5)cc4)c3oc1c1ccccc21. The van der Waals surface area contributed by atoms with Crippen LogP contribution in [-0.2, 0) is 5.41 Å². The van der Waals surface area contributed by atoms with E-state index in [0.717, 1.165) is 49.8 Å². The number of furan rings is 1. The third-order valence-electron chi connectivity index (χ3n) is 10.3. The highest BCUT2D eigenvalue weighted by Gasteiger charge is 2.39. The molecule has 10 rings (SSSR count). The van der Waals surface area contributed by atoms with E-state index in [-0.39, 0.29) is 5.41 Å². The Bertz CT molecular complexity index is 2710. The Morgan fingerprint density at radius 3 is 1.58 bits per heavy atom. The summed E-state index contributed by atoms with van der Waals surface area (Å²) in [5, 5.41) is 4.73. The van der Waals surface area contributed by atoms with Gasteiger partial charge < -0.3 is 4.42 Å². The van der Waals surface area contributed by atoms with Crippen molar-refractivity contribution in [2.45, 2.75) is 19.3 Å². The third-order valence-corrected chi connectivity index (χ3v) is 10.3. The summed E-state index contributed by atoms with van der Waals surface area (Å²) in [6.07, 6.45) is 0. The predicted molar refractivity (Wildman–Crippen MR) is 204 cm³/mol. The predicted octanol–water partition coefficient (Wildman–Crippen LogP) is 11.9. The van der Waals surface area contributed by atoms with Gasteiger partial charge in [0.05, 0.1) is 0 Å². The highest BCUT2D eigenvalue weighted by atomic mass is 16.3. The second-order valence-corrected chi connectivity index (χ2v) is 13.6. The maximum absolute atomic E-state index is 6.98. The summed E-state index contributed by atoms with van der Waals surface area (Å²) in [5.74, 6) is 1.93. The van der Waals surface area contributed by atoms with Crippen LogP contribution in [0.2, 0.25) is 0 Å². The van der Waals surface area contributed by atoms with E-state index in [0.29, 0.717) is 17.5 Å². The Morgan fingerprint density at radius 2 is 0.920 bits per heavy atom. The molecule has 4 nitrogen and oxygen atoms in total. The van der Waals surface area contributed by atoms with Crippen molar-refractivity contribution in [2.75, 3.05) is 0 Å². The summed E-state index contributed by atoms with van der Waals surface area (Å²) < 4.78 is 6.98. The topological polar surface area (TPSA) is 51.8 Å². The molecular formula is C46H31N3O. The van der Waals surface area contributed by atoms with Gasteiger partial charge in [-0.05, 0) is 33.2 Å². The lowest BCUT2D eigenvalue weighted by molar-refractivity contribution is 0.659. The molecular weight excluding hydrogens is 611 g/mol. The Labute approximate surface area is 289 Å². The number of para-hydroxylation sites is 1. The molecule has 1 aliphatic rings. The van der Waals surface area contributed by atoms with Crippen LogP contribution in [0, 0.1) is 0 Å². The second kappa shape index (κ2) is 10.8. The van der Waals surface area contributed by atoms with Gasteiger partial charge in [0.25, 0.3) is 0 Å². The molecule has 0 spiro atoms. The summed E-state index contributed by atoms with van der Waals surface area (Å²) in [5.41, 5.74) is 12.0. The maximum atomic E-state index is 6.98. The molecule has 7 aromatic carbocycles. The molecule has 0 fully saturated rings. The molecule has 0 bridgehead atoms. The summed E-state index contributed by atoms with van der Waals surface area (Å²) in [4.78, 5) is 14.7. The van der Waals surface area contributed by atoms with E-state index in [4.69, 9.17) is 19.4 Å². The van der Waals surface area contributed by atoms with E-state index < -0.39 is 0 Å². The van der Waals surface area contributed by atoms with E-state index in [9.17, 15) is 0 Å². The Morgan fingerprint density at radius 1 is 0.420 bits per heavy atom. The fourth-order valence-corrected chi connectivity index (χ4v) is 7.97. The summed E-state index contributed by atoms with van der Waals surface area (Å²) in [6, 6.07) is 52.7. The van der Waals surface area contributed by atoms with Crippen molar-refractivity contribution in [3.05, 3.63) is 163 Å². The largest absolute Gasteiger partial charge is 0.455 e. The number of fused-ring (bicyclic) bond motifs is 10. The molecule has 2 aromatic heterocycles. The molecule has 0 saturated carbocycles. The van der Waals surface area contributed by atoms with Gasteiger partial charge in [-0.15, -0.1) is 0 Å². The summed E-state index contributed by atoms with van der Waals surface area (Å²) in [7, 11) is 0. The monoisotopic (exact) mass is 641 g/mol. The molecule has 0 N–H and O–H groups in total. The van der Waals surface area contributed by atoms with Crippen molar-refractivity contribution >= 4 is 32.7 Å². The van der Waals surface area contributed by atoms with Gasteiger partial charge in [0.1, 0.15) is 11.2 Å². The molecule has 0 radical (unpaired) electrons. The van der Waals surface area contributed by atoms with Gasteiger partial charge >= 0.3 is 0 Å². The number of hydrogen-bond acceptors (Lipinski definition) is 4. The Hall–Kier alpha value is -6.39. The first-order valence-electron chi connectivity index (χ1n) is 17.0. The summed E-state index contributed by atoms with van der Waals surface area (Å²) in [6.45, 7) is 4.70. The van der Waals surface area contributed by atoms with E-state index in [1.807, 2.05) is 60.7 Å². The molecule has 0 amide bonds. The molecule has 4 heteroatoms. The fourth-order valence-electron chi connectivity index (χ4n) is 7.97. The van der Waals surface area contributed by atoms with Gasteiger partial charge in [0, 0.05) is 43.8 Å². The van der Waals surface area contributed by atoms with Crippen molar-refractivity contribution in [2.24, 2.45) is 0 Å². The number of aromatic nitrogens is 3. The average Bonchev–Trinajstić information content (AvgIpc) is 3.68.